The quantitative estimate of drug-likeness (QED) is 0.0365. The Morgan fingerprint density at radius 1 is 0.870 bits per heavy atom. The van der Waals surface area contributed by atoms with Crippen LogP contribution in [0.3, 0.4) is 0 Å². The molecule has 3 atom stereocenters. The molecular weight excluding hydrogens is 1020 g/mol. The lowest BCUT2D eigenvalue weighted by Gasteiger charge is -2.35. The number of halogens is 2. The molecule has 2 fully saturated rings. The zero-order valence-corrected chi connectivity index (χ0v) is 44.1. The maximum absolute atomic E-state index is 15.9. The SMILES string of the molecule is COc1cc2c(Oc3ccc(N(C(=O)C4(C(N)=O)CC4)c4ccc(F)cc4)cc3F)ccnc2cc1OCCOCCOCCC(=O)N[C@H](C(=O)N1C[C@H](O)C[C@H]1C(=O)NCc1ccc(-c2scnc2C)cc1)C(C)(C)C. The molecule has 0 spiro atoms. The number of methoxy groups -OCH3 is 1. The number of rotatable bonds is 23. The lowest BCUT2D eigenvalue weighted by Crippen LogP contribution is -2.57. The van der Waals surface area contributed by atoms with Crippen LogP contribution in [0.1, 0.15) is 57.7 Å². The molecule has 4 aromatic carbocycles. The number of hydrogen-bond acceptors (Lipinski definition) is 14. The van der Waals surface area contributed by atoms with Crippen molar-refractivity contribution in [2.24, 2.45) is 16.6 Å². The topological polar surface area (TPSA) is 234 Å². The van der Waals surface area contributed by atoms with Gasteiger partial charge >= 0.3 is 0 Å². The smallest absolute Gasteiger partial charge is 0.247 e. The average molecular weight is 1080 g/mol. The standard InChI is InChI=1S/C56H61F2N7O11S/c1-33-49(77-32-62-33)35-8-6-34(7-9-35)30-61-51(68)43-27-39(66)31-64(43)52(69)50(55(2,3)4)63-48(67)17-21-73-22-23-74-24-25-75-47-29-42-40(28-46(47)72-5)44(16-20-60-42)76-45-15-14-38(26-41(45)58)65(37-12-10-36(57)11-13-37)54(71)56(18-19-56)53(59)70/h6-16,20,26,28-29,32,39,43,50,66H,17-19,21-25,27,30-31H2,1-5H3,(H2,59,70)(H,61,68)(H,63,67)/t39-,43+,50-/m1/s1. The summed E-state index contributed by atoms with van der Waals surface area (Å²) in [5.41, 5.74) is 8.82. The third-order valence-electron chi connectivity index (χ3n) is 13.3. The van der Waals surface area contributed by atoms with Crippen molar-refractivity contribution >= 4 is 63.2 Å². The maximum Gasteiger partial charge on any atom is 0.247 e. The molecule has 1 aliphatic heterocycles. The first-order valence-corrected chi connectivity index (χ1v) is 25.9. The first-order valence-electron chi connectivity index (χ1n) is 25.0. The molecule has 18 nitrogen and oxygen atoms in total. The Morgan fingerprint density at radius 3 is 2.22 bits per heavy atom. The molecule has 0 bridgehead atoms. The molecule has 406 valence electrons. The van der Waals surface area contributed by atoms with Gasteiger partial charge in [-0.2, -0.15) is 0 Å². The van der Waals surface area contributed by atoms with Crippen LogP contribution in [0, 0.1) is 29.4 Å². The van der Waals surface area contributed by atoms with E-state index in [1.807, 2.05) is 52.0 Å². The predicted molar refractivity (Wildman–Crippen MR) is 283 cm³/mol. The second-order valence-electron chi connectivity index (χ2n) is 19.9. The third kappa shape index (κ3) is 13.2. The van der Waals surface area contributed by atoms with E-state index < -0.39 is 70.2 Å². The zero-order valence-electron chi connectivity index (χ0n) is 43.3. The summed E-state index contributed by atoms with van der Waals surface area (Å²) in [6.07, 6.45) is 1.09. The van der Waals surface area contributed by atoms with Gasteiger partial charge in [0.15, 0.2) is 23.1 Å². The number of likely N-dealkylation sites (tertiary alicyclic amines) is 1. The summed E-state index contributed by atoms with van der Waals surface area (Å²) in [7, 11) is 1.46. The second kappa shape index (κ2) is 24.2. The van der Waals surface area contributed by atoms with Gasteiger partial charge in [0.1, 0.15) is 35.7 Å². The number of aliphatic hydroxyl groups excluding tert-OH is 1. The van der Waals surface area contributed by atoms with Gasteiger partial charge in [-0.3, -0.25) is 33.9 Å². The number of aryl methyl sites for hydroxylation is 1. The number of fused-ring (bicyclic) bond motifs is 1. The fraction of sp³-hybridized carbons (Fsp3) is 0.375. The van der Waals surface area contributed by atoms with Gasteiger partial charge in [0, 0.05) is 55.3 Å². The molecule has 1 saturated carbocycles. The minimum absolute atomic E-state index is 0.0411. The fourth-order valence-corrected chi connectivity index (χ4v) is 9.72. The van der Waals surface area contributed by atoms with Crippen molar-refractivity contribution in [3.05, 3.63) is 120 Å². The predicted octanol–water partition coefficient (Wildman–Crippen LogP) is 7.29. The lowest BCUT2D eigenvalue weighted by atomic mass is 9.85. The summed E-state index contributed by atoms with van der Waals surface area (Å²) >= 11 is 1.56. The number of anilines is 2. The number of aromatic nitrogens is 2. The van der Waals surface area contributed by atoms with Crippen LogP contribution in [0.25, 0.3) is 21.3 Å². The van der Waals surface area contributed by atoms with Gasteiger partial charge in [-0.15, -0.1) is 11.3 Å². The fourth-order valence-electron chi connectivity index (χ4n) is 8.91. The molecule has 0 radical (unpaired) electrons. The summed E-state index contributed by atoms with van der Waals surface area (Å²) in [6, 6.07) is 19.6. The first kappa shape index (κ1) is 55.6. The molecule has 21 heteroatoms. The largest absolute Gasteiger partial charge is 0.493 e. The summed E-state index contributed by atoms with van der Waals surface area (Å²) in [6.45, 7) is 8.30. The number of amides is 5. The molecule has 3 heterocycles. The highest BCUT2D eigenvalue weighted by Gasteiger charge is 2.57. The van der Waals surface area contributed by atoms with Crippen LogP contribution in [0.5, 0.6) is 23.0 Å². The molecule has 77 heavy (non-hydrogen) atoms. The molecule has 8 rings (SSSR count). The summed E-state index contributed by atoms with van der Waals surface area (Å²) in [4.78, 5) is 79.0. The minimum atomic E-state index is -1.44. The van der Waals surface area contributed by atoms with Crippen LogP contribution in [0.15, 0.2) is 96.6 Å². The van der Waals surface area contributed by atoms with Crippen molar-refractivity contribution in [3.63, 3.8) is 0 Å². The molecule has 2 aliphatic rings. The van der Waals surface area contributed by atoms with Gasteiger partial charge in [0.05, 0.1) is 66.9 Å². The van der Waals surface area contributed by atoms with E-state index in [1.165, 1.54) is 42.5 Å². The molecule has 2 aromatic heterocycles. The number of aliphatic hydroxyl groups is 1. The Labute approximate surface area is 447 Å². The van der Waals surface area contributed by atoms with Crippen molar-refractivity contribution < 1.29 is 61.5 Å². The number of carbonyl (C=O) groups excluding carboxylic acids is 5. The number of pyridine rings is 1. The Bertz CT molecular complexity index is 3110. The number of β-amino-alcohol motifs (C(OH)–C–C–N with tert-alkyl or cyclic N) is 1. The first-order chi connectivity index (χ1) is 36.9. The molecular formula is C56H61F2N7O11S. The Kier molecular flexibility index (Phi) is 17.5. The van der Waals surface area contributed by atoms with Gasteiger partial charge in [0.25, 0.3) is 0 Å². The highest BCUT2D eigenvalue weighted by molar-refractivity contribution is 7.13. The van der Waals surface area contributed by atoms with E-state index in [0.717, 1.165) is 44.8 Å². The summed E-state index contributed by atoms with van der Waals surface area (Å²) in [5, 5.41) is 16.8. The number of thiazole rings is 1. The Morgan fingerprint density at radius 2 is 1.57 bits per heavy atom. The highest BCUT2D eigenvalue weighted by Crippen LogP contribution is 2.49. The van der Waals surface area contributed by atoms with Gasteiger partial charge in [0.2, 0.25) is 29.5 Å². The molecule has 6 aromatic rings. The van der Waals surface area contributed by atoms with Crippen LogP contribution in [-0.4, -0.2) is 114 Å². The molecule has 5 N–H and O–H groups in total. The van der Waals surface area contributed by atoms with Crippen LogP contribution >= 0.6 is 11.3 Å². The number of benzene rings is 4. The van der Waals surface area contributed by atoms with E-state index in [4.69, 9.17) is 29.4 Å². The van der Waals surface area contributed by atoms with Crippen molar-refractivity contribution in [1.82, 2.24) is 25.5 Å². The van der Waals surface area contributed by atoms with Crippen LogP contribution < -0.4 is 35.5 Å². The van der Waals surface area contributed by atoms with Crippen molar-refractivity contribution in [2.75, 3.05) is 51.6 Å². The maximum atomic E-state index is 15.9. The number of hydrogen-bond donors (Lipinski definition) is 4. The van der Waals surface area contributed by atoms with Crippen molar-refractivity contribution in [3.8, 4) is 33.4 Å². The monoisotopic (exact) mass is 1080 g/mol. The molecule has 5 amide bonds. The van der Waals surface area contributed by atoms with Gasteiger partial charge in [-0.1, -0.05) is 45.0 Å². The minimum Gasteiger partial charge on any atom is -0.493 e. The van der Waals surface area contributed by atoms with Gasteiger partial charge in [-0.25, -0.2) is 13.8 Å². The van der Waals surface area contributed by atoms with Crippen LogP contribution in [0.4, 0.5) is 20.2 Å². The van der Waals surface area contributed by atoms with E-state index in [2.05, 4.69) is 20.6 Å². The van der Waals surface area contributed by atoms with E-state index >= 15 is 4.39 Å². The molecule has 1 saturated heterocycles. The van der Waals surface area contributed by atoms with Crippen molar-refractivity contribution in [2.45, 2.75) is 78.1 Å². The number of nitrogens with two attached hydrogens (primary N) is 1. The summed E-state index contributed by atoms with van der Waals surface area (Å²) < 4.78 is 58.7. The van der Waals surface area contributed by atoms with E-state index in [0.29, 0.717) is 22.4 Å². The second-order valence-corrected chi connectivity index (χ2v) is 20.7. The number of nitrogens with one attached hydrogen (secondary N) is 2. The number of ether oxygens (including phenoxy) is 5. The third-order valence-corrected chi connectivity index (χ3v) is 14.3. The van der Waals surface area contributed by atoms with Crippen LogP contribution in [-0.2, 0) is 40.0 Å². The highest BCUT2D eigenvalue weighted by atomic mass is 32.1. The number of nitrogens with zero attached hydrogens (tertiary/aromatic N) is 4. The number of primary amides is 1. The van der Waals surface area contributed by atoms with E-state index in [9.17, 15) is 33.5 Å². The Hall–Kier alpha value is -7.59. The molecule has 1 aliphatic carbocycles. The van der Waals surface area contributed by atoms with Gasteiger partial charge < -0.3 is 50.1 Å². The Balaban J connectivity index is 0.779. The lowest BCUT2D eigenvalue weighted by molar-refractivity contribution is -0.144. The van der Waals surface area contributed by atoms with Gasteiger partial charge in [-0.05, 0) is 84.8 Å². The zero-order chi connectivity index (χ0) is 55.0. The van der Waals surface area contributed by atoms with E-state index in [-0.39, 0.29) is 94.7 Å². The normalized spacial score (nSPS) is 16.1. The van der Waals surface area contributed by atoms with Crippen LogP contribution in [0.2, 0.25) is 0 Å². The van der Waals surface area contributed by atoms with E-state index in [1.54, 1.807) is 35.0 Å². The number of carbonyl (C=O) groups is 5. The summed E-state index contributed by atoms with van der Waals surface area (Å²) in [5.74, 6) is -3.33. The van der Waals surface area contributed by atoms with Crippen molar-refractivity contribution in [1.29, 1.82) is 0 Å². The molecule has 0 unspecified atom stereocenters. The average Bonchev–Trinajstić information content (AvgIpc) is 3.98.